The van der Waals surface area contributed by atoms with Crippen LogP contribution in [0.25, 0.3) is 5.57 Å². The third-order valence-corrected chi connectivity index (χ3v) is 10.2. The van der Waals surface area contributed by atoms with Gasteiger partial charge in [0.1, 0.15) is 24.6 Å². The summed E-state index contributed by atoms with van der Waals surface area (Å²) in [5, 5.41) is 16.0. The summed E-state index contributed by atoms with van der Waals surface area (Å²) in [5.74, 6) is 0.507. The van der Waals surface area contributed by atoms with Crippen LogP contribution >= 0.6 is 0 Å². The molecule has 0 saturated carbocycles. The second-order valence-corrected chi connectivity index (χ2v) is 14.7. The van der Waals surface area contributed by atoms with Gasteiger partial charge in [0.25, 0.3) is 5.91 Å². The largest absolute Gasteiger partial charge is 0.478 e. The number of hydrogen-bond acceptors (Lipinski definition) is 4. The van der Waals surface area contributed by atoms with Crippen molar-refractivity contribution >= 4 is 23.1 Å². The van der Waals surface area contributed by atoms with Crippen LogP contribution in [0.5, 0.6) is 11.5 Å². The maximum Gasteiger partial charge on any atom is 0.336 e. The van der Waals surface area contributed by atoms with Gasteiger partial charge in [-0.15, -0.1) is 0 Å². The van der Waals surface area contributed by atoms with Gasteiger partial charge in [-0.3, -0.25) is 4.79 Å². The lowest BCUT2D eigenvalue weighted by Gasteiger charge is -2.39. The lowest BCUT2D eigenvalue weighted by molar-refractivity contribution is 0.0696. The Balaban J connectivity index is 1.42. The zero-order valence-corrected chi connectivity index (χ0v) is 26.6. The molecule has 5 heterocycles. The van der Waals surface area contributed by atoms with Crippen molar-refractivity contribution in [3.05, 3.63) is 85.4 Å². The average Bonchev–Trinajstić information content (AvgIpc) is 3.03. The van der Waals surface area contributed by atoms with Gasteiger partial charge in [0.15, 0.2) is 0 Å². The second kappa shape index (κ2) is 10.5. The Hall–Kier alpha value is -4.13. The average molecular weight is 605 g/mol. The Kier molecular flexibility index (Phi) is 6.59. The molecule has 5 aliphatic heterocycles. The number of aromatic carboxylic acids is 1. The third-order valence-electron chi connectivity index (χ3n) is 10.2. The van der Waals surface area contributed by atoms with E-state index in [1.54, 1.807) is 12.1 Å². The molecular weight excluding hydrogens is 562 g/mol. The van der Waals surface area contributed by atoms with Gasteiger partial charge in [-0.25, -0.2) is 9.37 Å². The number of amides is 1. The summed E-state index contributed by atoms with van der Waals surface area (Å²) in [6, 6.07) is 9.79. The minimum Gasteiger partial charge on any atom is -0.478 e. The van der Waals surface area contributed by atoms with Gasteiger partial charge in [-0.05, 0) is 79.3 Å². The maximum atomic E-state index is 13.2. The topological polar surface area (TPSA) is 81.9 Å². The van der Waals surface area contributed by atoms with Crippen molar-refractivity contribution in [2.24, 2.45) is 5.41 Å². The smallest absolute Gasteiger partial charge is 0.336 e. The standard InChI is InChI=1S/C38H41N3O4/c1-38(2,3)21-39-36(42)24-12-13-25(28(20-24)37(43)44)31-29-18-22-8-4-14-40-16-6-10-26(32(22)40)34(29)45-35-27-11-7-17-41-15-5-9-23(33(27)41)19-30(31)35/h12-13,18-20H,4-11,14-17,21H2,1-3H3,(H-,39,42,43,44)/p+1. The molecule has 2 N–H and O–H groups in total. The highest BCUT2D eigenvalue weighted by Gasteiger charge is 2.36. The monoisotopic (exact) mass is 604 g/mol. The number of nitrogens with zero attached hydrogens (tertiary/aromatic N) is 2. The van der Waals surface area contributed by atoms with Gasteiger partial charge in [0.2, 0.25) is 5.36 Å². The minimum atomic E-state index is -1.03. The fraction of sp³-hybridized carbons (Fsp3) is 0.447. The molecule has 7 heteroatoms. The van der Waals surface area contributed by atoms with Crippen molar-refractivity contribution in [1.29, 1.82) is 0 Å². The lowest BCUT2D eigenvalue weighted by atomic mass is 9.81. The summed E-state index contributed by atoms with van der Waals surface area (Å²) in [6.45, 7) is 11.0. The van der Waals surface area contributed by atoms with Crippen LogP contribution in [0.15, 0.2) is 30.3 Å². The maximum absolute atomic E-state index is 13.2. The first-order chi connectivity index (χ1) is 21.7. The van der Waals surface area contributed by atoms with Gasteiger partial charge in [0.05, 0.1) is 11.1 Å². The molecule has 0 unspecified atom stereocenters. The number of ether oxygens (including phenoxy) is 1. The summed E-state index contributed by atoms with van der Waals surface area (Å²) in [7, 11) is 0. The van der Waals surface area contributed by atoms with Crippen molar-refractivity contribution < 1.29 is 19.4 Å². The summed E-state index contributed by atoms with van der Waals surface area (Å²) in [4.78, 5) is 28.7. The summed E-state index contributed by atoms with van der Waals surface area (Å²) < 4.78 is 9.64. The predicted octanol–water partition coefficient (Wildman–Crippen LogP) is 4.60. The number of aryl methyl sites for hydroxylation is 2. The first-order valence-corrected chi connectivity index (χ1v) is 16.8. The molecule has 0 bridgehead atoms. The number of anilines is 1. The molecule has 0 saturated heterocycles. The van der Waals surface area contributed by atoms with Gasteiger partial charge in [0, 0.05) is 71.2 Å². The SMILES string of the molecule is CC(C)(C)CNC(=O)c1ccc(C2=c3cc4c5c(c3Oc3c2cc2c6c3CCCN6CCC2)CCC[N+]=5CCC4)c(C(=O)O)c1. The third kappa shape index (κ3) is 4.65. The predicted molar refractivity (Wildman–Crippen MR) is 175 cm³/mol. The molecule has 0 atom stereocenters. The van der Waals surface area contributed by atoms with Crippen LogP contribution in [0.1, 0.15) is 101 Å². The zero-order valence-electron chi connectivity index (χ0n) is 26.6. The molecule has 5 aliphatic rings. The van der Waals surface area contributed by atoms with E-state index in [0.29, 0.717) is 17.7 Å². The number of hydrogen-bond donors (Lipinski definition) is 2. The number of carboxylic acid groups (broad SMARTS) is 1. The number of benzene rings is 3. The molecule has 7 nitrogen and oxygen atoms in total. The van der Waals surface area contributed by atoms with Gasteiger partial charge < -0.3 is 20.1 Å². The fourth-order valence-electron chi connectivity index (χ4n) is 8.33. The van der Waals surface area contributed by atoms with E-state index in [4.69, 9.17) is 4.74 Å². The molecule has 45 heavy (non-hydrogen) atoms. The van der Waals surface area contributed by atoms with Crippen LogP contribution in [-0.4, -0.2) is 49.7 Å². The normalized spacial score (nSPS) is 17.9. The number of fused-ring (bicyclic) bond motifs is 4. The Labute approximate surface area is 264 Å². The van der Waals surface area contributed by atoms with E-state index in [0.717, 1.165) is 105 Å². The van der Waals surface area contributed by atoms with E-state index < -0.39 is 5.97 Å². The molecule has 0 spiro atoms. The second-order valence-electron chi connectivity index (χ2n) is 14.7. The van der Waals surface area contributed by atoms with Crippen LogP contribution in [-0.2, 0) is 25.7 Å². The Morgan fingerprint density at radius 2 is 1.62 bits per heavy atom. The molecule has 0 aromatic heterocycles. The first kappa shape index (κ1) is 28.4. The highest BCUT2D eigenvalue weighted by atomic mass is 16.5. The van der Waals surface area contributed by atoms with E-state index in [2.05, 4.69) is 47.7 Å². The molecule has 1 amide bonds. The number of nitrogens with one attached hydrogen (secondary N) is 1. The summed E-state index contributed by atoms with van der Waals surface area (Å²) in [5.41, 5.74) is 9.53. The quantitative estimate of drug-likeness (QED) is 0.333. The Bertz CT molecular complexity index is 1930. The molecule has 3 aromatic carbocycles. The van der Waals surface area contributed by atoms with Crippen LogP contribution < -0.4 is 30.1 Å². The van der Waals surface area contributed by atoms with E-state index >= 15 is 0 Å². The van der Waals surface area contributed by atoms with Crippen LogP contribution in [0, 0.1) is 5.41 Å². The van der Waals surface area contributed by atoms with E-state index in [9.17, 15) is 14.7 Å². The highest BCUT2D eigenvalue weighted by molar-refractivity contribution is 6.03. The minimum absolute atomic E-state index is 0.0827. The lowest BCUT2D eigenvalue weighted by Crippen LogP contribution is -2.45. The van der Waals surface area contributed by atoms with Gasteiger partial charge >= 0.3 is 5.97 Å². The Morgan fingerprint density at radius 3 is 2.40 bits per heavy atom. The number of carbonyl (C=O) groups is 2. The zero-order chi connectivity index (χ0) is 31.0. The molecule has 0 radical (unpaired) electrons. The van der Waals surface area contributed by atoms with Gasteiger partial charge in [-0.1, -0.05) is 26.8 Å². The summed E-state index contributed by atoms with van der Waals surface area (Å²) in [6.07, 6.45) is 8.32. The molecule has 3 aromatic rings. The fourth-order valence-corrected chi connectivity index (χ4v) is 8.33. The number of carbonyl (C=O) groups excluding carboxylic acids is 1. The van der Waals surface area contributed by atoms with Gasteiger partial charge in [-0.2, -0.15) is 0 Å². The van der Waals surface area contributed by atoms with Crippen LogP contribution in [0.2, 0.25) is 0 Å². The van der Waals surface area contributed by atoms with Crippen molar-refractivity contribution in [2.75, 3.05) is 37.6 Å². The molecular formula is C38H42N3O4+. The van der Waals surface area contributed by atoms with Crippen molar-refractivity contribution in [3.63, 3.8) is 0 Å². The van der Waals surface area contributed by atoms with E-state index in [1.165, 1.54) is 33.3 Å². The van der Waals surface area contributed by atoms with Crippen LogP contribution in [0.3, 0.4) is 0 Å². The Morgan fingerprint density at radius 1 is 0.889 bits per heavy atom. The summed E-state index contributed by atoms with van der Waals surface area (Å²) >= 11 is 0. The van der Waals surface area contributed by atoms with Crippen molar-refractivity contribution in [1.82, 2.24) is 9.89 Å². The van der Waals surface area contributed by atoms with Crippen LogP contribution in [0.4, 0.5) is 5.69 Å². The molecule has 232 valence electrons. The molecule has 8 rings (SSSR count). The first-order valence-electron chi connectivity index (χ1n) is 16.8. The number of rotatable bonds is 4. The van der Waals surface area contributed by atoms with E-state index in [1.807, 2.05) is 6.07 Å². The molecule has 0 aliphatic carbocycles. The molecule has 0 fully saturated rings. The number of carboxylic acids is 1. The highest BCUT2D eigenvalue weighted by Crippen LogP contribution is 2.48. The van der Waals surface area contributed by atoms with Crippen molar-refractivity contribution in [2.45, 2.75) is 72.1 Å². The van der Waals surface area contributed by atoms with Crippen molar-refractivity contribution in [3.8, 4) is 11.5 Å². The van der Waals surface area contributed by atoms with E-state index in [-0.39, 0.29) is 16.9 Å².